The minimum Gasteiger partial charge on any atom is -0.492 e. The molecule has 11 heteroatoms. The number of aliphatic hydroxyl groups excluding tert-OH is 1. The van der Waals surface area contributed by atoms with Crippen LogP contribution in [0.5, 0.6) is 5.75 Å². The average Bonchev–Trinajstić information content (AvgIpc) is 3.72. The molecule has 0 bridgehead atoms. The molecule has 236 valence electrons. The fourth-order valence-corrected chi connectivity index (χ4v) is 10.1. The van der Waals surface area contributed by atoms with E-state index in [0.717, 1.165) is 45.5 Å². The molecule has 0 aliphatic carbocycles. The van der Waals surface area contributed by atoms with Crippen LogP contribution < -0.4 is 9.92 Å². The van der Waals surface area contributed by atoms with Crippen molar-refractivity contribution in [1.29, 1.82) is 0 Å². The number of benzene rings is 3. The van der Waals surface area contributed by atoms with Crippen LogP contribution in [0, 0.1) is 18.6 Å². The molecular formula is C35H34F2N4O4Si. The summed E-state index contributed by atoms with van der Waals surface area (Å²) in [7, 11) is -2.24. The molecule has 8 rings (SSSR count). The lowest BCUT2D eigenvalue weighted by molar-refractivity contribution is -0.0483. The van der Waals surface area contributed by atoms with Crippen LogP contribution in [0.15, 0.2) is 77.9 Å². The summed E-state index contributed by atoms with van der Waals surface area (Å²) in [5, 5.41) is 16.8. The predicted molar refractivity (Wildman–Crippen MR) is 172 cm³/mol. The second kappa shape index (κ2) is 10.3. The fraction of sp³-hybridized carbons (Fsp3) is 0.314. The first-order chi connectivity index (χ1) is 22.1. The molecule has 2 unspecified atom stereocenters. The van der Waals surface area contributed by atoms with Crippen molar-refractivity contribution in [2.75, 3.05) is 26.4 Å². The Labute approximate surface area is 266 Å². The fourth-order valence-electron chi connectivity index (χ4n) is 7.69. The van der Waals surface area contributed by atoms with E-state index in [-0.39, 0.29) is 12.2 Å². The molecule has 1 aromatic heterocycles. The zero-order chi connectivity index (χ0) is 31.8. The van der Waals surface area contributed by atoms with E-state index in [0.29, 0.717) is 32.0 Å². The number of halogens is 2. The third kappa shape index (κ3) is 4.36. The van der Waals surface area contributed by atoms with Crippen molar-refractivity contribution in [3.05, 3.63) is 112 Å². The predicted octanol–water partition coefficient (Wildman–Crippen LogP) is 5.05. The van der Waals surface area contributed by atoms with Gasteiger partial charge in [0.25, 0.3) is 0 Å². The summed E-state index contributed by atoms with van der Waals surface area (Å²) in [4.78, 5) is 12.2. The number of hydrogen-bond donors (Lipinski definition) is 1. The van der Waals surface area contributed by atoms with E-state index in [1.807, 2.05) is 42.5 Å². The molecule has 1 saturated heterocycles. The summed E-state index contributed by atoms with van der Waals surface area (Å²) < 4.78 is 44.1. The summed E-state index contributed by atoms with van der Waals surface area (Å²) in [6.45, 7) is 7.17. The minimum atomic E-state index is -2.24. The highest BCUT2D eigenvalue weighted by Gasteiger charge is 2.55. The van der Waals surface area contributed by atoms with Gasteiger partial charge in [-0.05, 0) is 84.2 Å². The van der Waals surface area contributed by atoms with Crippen LogP contribution in [0.2, 0.25) is 13.1 Å². The lowest BCUT2D eigenvalue weighted by Gasteiger charge is -2.52. The monoisotopic (exact) mass is 640 g/mol. The number of para-hydroxylation sites is 1. The topological polar surface area (TPSA) is 81.3 Å². The van der Waals surface area contributed by atoms with Crippen LogP contribution >= 0.6 is 0 Å². The van der Waals surface area contributed by atoms with Gasteiger partial charge in [-0.1, -0.05) is 29.4 Å². The largest absolute Gasteiger partial charge is 0.492 e. The standard InChI is InChI=1S/C35H34F2N4O4Si/c1-22-15-40(21-38-22)30-9-8-23(28-16-45-46(2,3)32(28)30)10-24-14-34(19-43-31-7-5-4-6-29(31)34)17-41-33(24)39-44-20-35(41,18-42)25-11-26(36)13-27(37)12-25/h4-13,15,21,42H,14,16-20H2,1-3H3. The molecule has 0 amide bonds. The Morgan fingerprint density at radius 2 is 1.87 bits per heavy atom. The van der Waals surface area contributed by atoms with Crippen molar-refractivity contribution >= 4 is 25.4 Å². The number of ether oxygens (including phenoxy) is 1. The smallest absolute Gasteiger partial charge is 0.221 e. The summed E-state index contributed by atoms with van der Waals surface area (Å²) in [5.74, 6) is -0.110. The van der Waals surface area contributed by atoms with Crippen LogP contribution in [-0.2, 0) is 26.8 Å². The van der Waals surface area contributed by atoms with Gasteiger partial charge in [0.2, 0.25) is 8.32 Å². The number of nitrogens with zero attached hydrogens (tertiary/aromatic N) is 4. The van der Waals surface area contributed by atoms with E-state index in [1.54, 1.807) is 0 Å². The zero-order valence-corrected chi connectivity index (χ0v) is 26.9. The molecule has 0 radical (unpaired) electrons. The number of amidine groups is 1. The molecule has 2 atom stereocenters. The highest BCUT2D eigenvalue weighted by Crippen LogP contribution is 2.50. The van der Waals surface area contributed by atoms with E-state index in [1.165, 1.54) is 17.3 Å². The Balaban J connectivity index is 1.32. The lowest BCUT2D eigenvalue weighted by Crippen LogP contribution is -2.63. The van der Waals surface area contributed by atoms with Gasteiger partial charge in [-0.2, -0.15) is 0 Å². The van der Waals surface area contributed by atoms with E-state index < -0.39 is 37.5 Å². The number of fused-ring (bicyclic) bond motifs is 4. The Bertz CT molecular complexity index is 1940. The number of hydrogen-bond acceptors (Lipinski definition) is 7. The van der Waals surface area contributed by atoms with Crippen LogP contribution in [-0.4, -0.2) is 60.1 Å². The molecule has 0 saturated carbocycles. The first-order valence-corrected chi connectivity index (χ1v) is 18.3. The van der Waals surface area contributed by atoms with Gasteiger partial charge in [-0.3, -0.25) is 0 Å². The van der Waals surface area contributed by atoms with Gasteiger partial charge in [-0.25, -0.2) is 13.8 Å². The molecule has 4 aliphatic heterocycles. The normalized spacial score (nSPS) is 25.1. The Morgan fingerprint density at radius 1 is 1.07 bits per heavy atom. The van der Waals surface area contributed by atoms with Crippen molar-refractivity contribution in [2.45, 2.75) is 44.0 Å². The molecule has 3 aromatic carbocycles. The second-order valence-corrected chi connectivity index (χ2v) is 17.1. The van der Waals surface area contributed by atoms with Crippen molar-refractivity contribution in [3.63, 3.8) is 0 Å². The Kier molecular flexibility index (Phi) is 6.55. The number of aliphatic hydroxyl groups is 1. The first-order valence-electron chi connectivity index (χ1n) is 15.4. The number of rotatable bonds is 4. The Morgan fingerprint density at radius 3 is 2.63 bits per heavy atom. The van der Waals surface area contributed by atoms with Gasteiger partial charge >= 0.3 is 0 Å². The highest BCUT2D eigenvalue weighted by atomic mass is 28.4. The van der Waals surface area contributed by atoms with Crippen molar-refractivity contribution < 1.29 is 27.9 Å². The van der Waals surface area contributed by atoms with E-state index in [2.05, 4.69) is 52.1 Å². The molecule has 5 heterocycles. The third-order valence-electron chi connectivity index (χ3n) is 9.95. The van der Waals surface area contributed by atoms with Crippen molar-refractivity contribution in [3.8, 4) is 11.4 Å². The first kappa shape index (κ1) is 29.1. The van der Waals surface area contributed by atoms with E-state index in [9.17, 15) is 13.9 Å². The van der Waals surface area contributed by atoms with Crippen molar-refractivity contribution in [2.24, 2.45) is 5.16 Å². The molecule has 4 aliphatic rings. The molecule has 1 N–H and O–H groups in total. The molecule has 1 fully saturated rings. The number of imidazole rings is 1. The maximum absolute atomic E-state index is 14.7. The second-order valence-electron chi connectivity index (χ2n) is 13.3. The van der Waals surface area contributed by atoms with Crippen LogP contribution in [0.1, 0.15) is 34.4 Å². The number of aryl methyl sites for hydroxylation is 1. The number of piperidine rings is 1. The molecule has 1 spiro atoms. The molecular weight excluding hydrogens is 606 g/mol. The van der Waals surface area contributed by atoms with E-state index in [4.69, 9.17) is 14.0 Å². The minimum absolute atomic E-state index is 0.0796. The van der Waals surface area contributed by atoms with Crippen LogP contribution in [0.4, 0.5) is 8.78 Å². The van der Waals surface area contributed by atoms with Gasteiger partial charge in [-0.15, -0.1) is 0 Å². The third-order valence-corrected chi connectivity index (χ3v) is 12.6. The van der Waals surface area contributed by atoms with Gasteiger partial charge in [0.1, 0.15) is 36.1 Å². The SMILES string of the molecule is Cc1cn(-c2ccc(C=C3CC4(COc5ccccc54)CN4C3=NOCC4(CO)c3cc(F)cc(F)c3)c3c2[Si](C)(C)OC3)cn1. The summed E-state index contributed by atoms with van der Waals surface area (Å²) >= 11 is 0. The van der Waals surface area contributed by atoms with E-state index >= 15 is 0 Å². The highest BCUT2D eigenvalue weighted by molar-refractivity contribution is 6.86. The van der Waals surface area contributed by atoms with Gasteiger partial charge in [0, 0.05) is 30.1 Å². The summed E-state index contributed by atoms with van der Waals surface area (Å²) in [6.07, 6.45) is 6.58. The quantitative estimate of drug-likeness (QED) is 0.315. The average molecular weight is 641 g/mol. The van der Waals surface area contributed by atoms with Gasteiger partial charge in [0.05, 0.1) is 30.7 Å². The molecule has 4 aromatic rings. The zero-order valence-electron chi connectivity index (χ0n) is 25.9. The van der Waals surface area contributed by atoms with Gasteiger partial charge < -0.3 is 28.6 Å². The Hall–Kier alpha value is -4.32. The van der Waals surface area contributed by atoms with Crippen molar-refractivity contribution in [1.82, 2.24) is 14.5 Å². The summed E-state index contributed by atoms with van der Waals surface area (Å²) in [5.41, 5.74) is 4.55. The van der Waals surface area contributed by atoms with Gasteiger partial charge in [0.15, 0.2) is 5.84 Å². The molecule has 46 heavy (non-hydrogen) atoms. The number of oxime groups is 1. The summed E-state index contributed by atoms with van der Waals surface area (Å²) in [6, 6.07) is 15.6. The van der Waals surface area contributed by atoms with Crippen LogP contribution in [0.25, 0.3) is 11.8 Å². The maximum atomic E-state index is 14.7. The molecule has 8 nitrogen and oxygen atoms in total. The number of aromatic nitrogens is 2. The lowest BCUT2D eigenvalue weighted by atomic mass is 9.71. The maximum Gasteiger partial charge on any atom is 0.221 e. The van der Waals surface area contributed by atoms with Crippen LogP contribution in [0.3, 0.4) is 0 Å².